The summed E-state index contributed by atoms with van der Waals surface area (Å²) in [5, 5.41) is 10.0. The van der Waals surface area contributed by atoms with Crippen molar-refractivity contribution in [1.29, 1.82) is 0 Å². The Morgan fingerprint density at radius 2 is 1.76 bits per heavy atom. The molecule has 1 fully saturated rings. The van der Waals surface area contributed by atoms with Crippen LogP contribution in [-0.4, -0.2) is 17.3 Å². The van der Waals surface area contributed by atoms with Gasteiger partial charge in [-0.2, -0.15) is 0 Å². The van der Waals surface area contributed by atoms with Gasteiger partial charge in [-0.1, -0.05) is 25.0 Å². The fourth-order valence-corrected chi connectivity index (χ4v) is 2.57. The van der Waals surface area contributed by atoms with Gasteiger partial charge in [0.2, 0.25) is 0 Å². The van der Waals surface area contributed by atoms with E-state index in [0.29, 0.717) is 5.92 Å². The number of benzene rings is 1. The Morgan fingerprint density at radius 3 is 2.35 bits per heavy atom. The van der Waals surface area contributed by atoms with Gasteiger partial charge in [-0.05, 0) is 44.4 Å². The zero-order valence-electron chi connectivity index (χ0n) is 10.7. The smallest absolute Gasteiger partial charge is 0.119 e. The first-order valence-electron chi connectivity index (χ1n) is 6.61. The number of aliphatic hydroxyl groups excluding tert-OH is 1. The van der Waals surface area contributed by atoms with Crippen molar-refractivity contribution in [3.05, 3.63) is 29.8 Å². The van der Waals surface area contributed by atoms with E-state index in [4.69, 9.17) is 4.74 Å². The summed E-state index contributed by atoms with van der Waals surface area (Å²) < 4.78 is 5.62. The maximum Gasteiger partial charge on any atom is 0.119 e. The highest BCUT2D eigenvalue weighted by Gasteiger charge is 2.24. The van der Waals surface area contributed by atoms with E-state index in [0.717, 1.165) is 25.0 Å². The molecule has 17 heavy (non-hydrogen) atoms. The Balaban J connectivity index is 2.06. The molecule has 94 valence electrons. The van der Waals surface area contributed by atoms with Crippen LogP contribution in [0.15, 0.2) is 24.3 Å². The Kier molecular flexibility index (Phi) is 4.06. The topological polar surface area (TPSA) is 29.5 Å². The van der Waals surface area contributed by atoms with Crippen LogP contribution < -0.4 is 4.74 Å². The number of ether oxygens (including phenoxy) is 1. The van der Waals surface area contributed by atoms with Gasteiger partial charge in [-0.15, -0.1) is 0 Å². The third-order valence-electron chi connectivity index (χ3n) is 3.41. The van der Waals surface area contributed by atoms with E-state index < -0.39 is 0 Å². The lowest BCUT2D eigenvalue weighted by Crippen LogP contribution is -2.22. The summed E-state index contributed by atoms with van der Waals surface area (Å²) in [6, 6.07) is 8.21. The lowest BCUT2D eigenvalue weighted by atomic mass is 9.82. The van der Waals surface area contributed by atoms with Gasteiger partial charge in [-0.25, -0.2) is 0 Å². The molecule has 0 heterocycles. The van der Waals surface area contributed by atoms with Crippen LogP contribution in [0.5, 0.6) is 5.75 Å². The van der Waals surface area contributed by atoms with E-state index in [1.54, 1.807) is 0 Å². The molecule has 0 aliphatic heterocycles. The van der Waals surface area contributed by atoms with E-state index in [-0.39, 0.29) is 12.2 Å². The molecule has 2 nitrogen and oxygen atoms in total. The van der Waals surface area contributed by atoms with Gasteiger partial charge >= 0.3 is 0 Å². The van der Waals surface area contributed by atoms with E-state index in [2.05, 4.69) is 12.1 Å². The summed E-state index contributed by atoms with van der Waals surface area (Å²) in [6.45, 7) is 4.05. The minimum absolute atomic E-state index is 0.166. The first-order chi connectivity index (χ1) is 8.16. The molecule has 1 N–H and O–H groups in total. The van der Waals surface area contributed by atoms with Crippen molar-refractivity contribution in [3.63, 3.8) is 0 Å². The molecular weight excluding hydrogens is 212 g/mol. The van der Waals surface area contributed by atoms with E-state index in [1.165, 1.54) is 12.0 Å². The van der Waals surface area contributed by atoms with Crippen LogP contribution in [0.2, 0.25) is 0 Å². The highest BCUT2D eigenvalue weighted by molar-refractivity contribution is 5.30. The molecule has 1 aliphatic rings. The lowest BCUT2D eigenvalue weighted by molar-refractivity contribution is 0.106. The maximum atomic E-state index is 10.0. The van der Waals surface area contributed by atoms with Crippen molar-refractivity contribution < 1.29 is 9.84 Å². The Bertz CT molecular complexity index is 342. The van der Waals surface area contributed by atoms with Gasteiger partial charge in [0.1, 0.15) is 5.75 Å². The monoisotopic (exact) mass is 234 g/mol. The zero-order chi connectivity index (χ0) is 12.3. The van der Waals surface area contributed by atoms with Crippen LogP contribution in [0.1, 0.15) is 51.0 Å². The van der Waals surface area contributed by atoms with Crippen LogP contribution in [0, 0.1) is 0 Å². The van der Waals surface area contributed by atoms with Crippen molar-refractivity contribution in [1.82, 2.24) is 0 Å². The molecule has 0 spiro atoms. The number of rotatable bonds is 3. The van der Waals surface area contributed by atoms with E-state index >= 15 is 0 Å². The predicted molar refractivity (Wildman–Crippen MR) is 69.4 cm³/mol. The summed E-state index contributed by atoms with van der Waals surface area (Å²) in [5.74, 6) is 1.23. The maximum absolute atomic E-state index is 10.0. The standard InChI is InChI=1S/C15H22O2/c1-11(2)17-13-9-7-12(8-10-13)14-5-3-4-6-15(14)16/h7-11,14-16H,3-6H2,1-2H3/t14-,15+/m1/s1. The zero-order valence-corrected chi connectivity index (χ0v) is 10.7. The van der Waals surface area contributed by atoms with Crippen LogP contribution in [0.25, 0.3) is 0 Å². The second-order valence-electron chi connectivity index (χ2n) is 5.19. The third kappa shape index (κ3) is 3.22. The van der Waals surface area contributed by atoms with Crippen LogP contribution >= 0.6 is 0 Å². The lowest BCUT2D eigenvalue weighted by Gasteiger charge is -2.28. The Labute approximate surface area is 104 Å². The minimum atomic E-state index is -0.166. The highest BCUT2D eigenvalue weighted by atomic mass is 16.5. The van der Waals surface area contributed by atoms with Gasteiger partial charge in [0.25, 0.3) is 0 Å². The second kappa shape index (κ2) is 5.54. The van der Waals surface area contributed by atoms with Crippen molar-refractivity contribution in [2.24, 2.45) is 0 Å². The van der Waals surface area contributed by atoms with E-state index in [9.17, 15) is 5.11 Å². The molecule has 0 radical (unpaired) electrons. The molecule has 0 aromatic heterocycles. The molecule has 1 aromatic rings. The highest BCUT2D eigenvalue weighted by Crippen LogP contribution is 2.33. The first kappa shape index (κ1) is 12.4. The quantitative estimate of drug-likeness (QED) is 0.867. The summed E-state index contributed by atoms with van der Waals surface area (Å²) in [4.78, 5) is 0. The van der Waals surface area contributed by atoms with Crippen LogP contribution in [-0.2, 0) is 0 Å². The fraction of sp³-hybridized carbons (Fsp3) is 0.600. The molecule has 2 heteroatoms. The summed E-state index contributed by atoms with van der Waals surface area (Å²) in [5.41, 5.74) is 1.24. The Morgan fingerprint density at radius 1 is 1.12 bits per heavy atom. The molecular formula is C15H22O2. The van der Waals surface area contributed by atoms with Crippen molar-refractivity contribution in [2.75, 3.05) is 0 Å². The van der Waals surface area contributed by atoms with Crippen LogP contribution in [0.3, 0.4) is 0 Å². The molecule has 0 amide bonds. The average molecular weight is 234 g/mol. The van der Waals surface area contributed by atoms with Crippen LogP contribution in [0.4, 0.5) is 0 Å². The molecule has 1 aliphatic carbocycles. The van der Waals surface area contributed by atoms with Gasteiger partial charge in [-0.3, -0.25) is 0 Å². The summed E-state index contributed by atoms with van der Waals surface area (Å²) >= 11 is 0. The number of hydrogen-bond donors (Lipinski definition) is 1. The summed E-state index contributed by atoms with van der Waals surface area (Å²) in [7, 11) is 0. The molecule has 1 saturated carbocycles. The average Bonchev–Trinajstić information content (AvgIpc) is 2.30. The normalized spacial score (nSPS) is 24.9. The second-order valence-corrected chi connectivity index (χ2v) is 5.19. The molecule has 0 unspecified atom stereocenters. The minimum Gasteiger partial charge on any atom is -0.491 e. The number of aliphatic hydroxyl groups is 1. The molecule has 0 bridgehead atoms. The van der Waals surface area contributed by atoms with Gasteiger partial charge in [0.15, 0.2) is 0 Å². The number of hydrogen-bond acceptors (Lipinski definition) is 2. The molecule has 1 aromatic carbocycles. The van der Waals surface area contributed by atoms with Gasteiger partial charge in [0.05, 0.1) is 12.2 Å². The van der Waals surface area contributed by atoms with Gasteiger partial charge < -0.3 is 9.84 Å². The van der Waals surface area contributed by atoms with E-state index in [1.807, 2.05) is 26.0 Å². The third-order valence-corrected chi connectivity index (χ3v) is 3.41. The van der Waals surface area contributed by atoms with Crippen molar-refractivity contribution >= 4 is 0 Å². The molecule has 2 rings (SSSR count). The van der Waals surface area contributed by atoms with Crippen molar-refractivity contribution in [2.45, 2.75) is 57.7 Å². The Hall–Kier alpha value is -1.02. The largest absolute Gasteiger partial charge is 0.491 e. The first-order valence-corrected chi connectivity index (χ1v) is 6.61. The predicted octanol–water partition coefficient (Wildman–Crippen LogP) is 3.49. The fourth-order valence-electron chi connectivity index (χ4n) is 2.57. The van der Waals surface area contributed by atoms with Gasteiger partial charge in [0, 0.05) is 5.92 Å². The molecule has 2 atom stereocenters. The summed E-state index contributed by atoms with van der Waals surface area (Å²) in [6.07, 6.45) is 4.47. The van der Waals surface area contributed by atoms with Crippen molar-refractivity contribution in [3.8, 4) is 5.75 Å². The SMILES string of the molecule is CC(C)Oc1ccc([C@H]2CCCC[C@@H]2O)cc1. The molecule has 0 saturated heterocycles.